The molecule has 1 aromatic heterocycles. The summed E-state index contributed by atoms with van der Waals surface area (Å²) in [6.45, 7) is 2.46. The lowest BCUT2D eigenvalue weighted by atomic mass is 9.89. The third-order valence-corrected chi connectivity index (χ3v) is 6.18. The largest absolute Gasteiger partial charge is 0.465 e. The summed E-state index contributed by atoms with van der Waals surface area (Å²) in [4.78, 5) is 33.4. The second-order valence-corrected chi connectivity index (χ2v) is 8.42. The Labute approximate surface area is 209 Å². The van der Waals surface area contributed by atoms with E-state index in [-0.39, 0.29) is 19.1 Å². The maximum absolute atomic E-state index is 13.8. The van der Waals surface area contributed by atoms with Crippen LogP contribution in [0.2, 0.25) is 0 Å². The van der Waals surface area contributed by atoms with Crippen molar-refractivity contribution in [3.63, 3.8) is 0 Å². The number of hydrogen-bond donors (Lipinski definition) is 0. The van der Waals surface area contributed by atoms with E-state index in [0.29, 0.717) is 24.1 Å². The first kappa shape index (κ1) is 23.6. The van der Waals surface area contributed by atoms with Crippen LogP contribution in [0.25, 0.3) is 11.0 Å². The number of imidazole rings is 1. The van der Waals surface area contributed by atoms with Gasteiger partial charge >= 0.3 is 5.97 Å². The first-order chi connectivity index (χ1) is 17.6. The minimum absolute atomic E-state index is 0.169. The van der Waals surface area contributed by atoms with E-state index in [1.165, 1.54) is 4.90 Å². The Morgan fingerprint density at radius 3 is 2.50 bits per heavy atom. The van der Waals surface area contributed by atoms with Crippen LogP contribution in [0, 0.1) is 5.92 Å². The lowest BCUT2D eigenvalue weighted by Crippen LogP contribution is -2.51. The second kappa shape index (κ2) is 10.2. The first-order valence-corrected chi connectivity index (χ1v) is 11.9. The van der Waals surface area contributed by atoms with E-state index in [1.54, 1.807) is 14.0 Å². The average Bonchev–Trinajstić information content (AvgIpc) is 3.27. The van der Waals surface area contributed by atoms with E-state index in [4.69, 9.17) is 19.2 Å². The molecule has 4 aromatic rings. The molecule has 184 valence electrons. The molecule has 0 bridgehead atoms. The van der Waals surface area contributed by atoms with Crippen molar-refractivity contribution in [2.75, 3.05) is 31.8 Å². The van der Waals surface area contributed by atoms with Gasteiger partial charge in [-0.25, -0.2) is 4.98 Å². The number of aromatic nitrogens is 2. The van der Waals surface area contributed by atoms with Crippen molar-refractivity contribution in [2.24, 2.45) is 5.92 Å². The number of esters is 1. The molecule has 0 saturated carbocycles. The number of hydrogen-bond acceptors (Lipinski definition) is 6. The van der Waals surface area contributed by atoms with Gasteiger partial charge in [-0.3, -0.25) is 14.5 Å². The van der Waals surface area contributed by atoms with Gasteiger partial charge in [-0.15, -0.1) is 0 Å². The Morgan fingerprint density at radius 1 is 0.972 bits per heavy atom. The SMILES string of the molecule is CCOC(=O)[C@H]1C(=O)N(CCOC)c2nc3ccccc3n2[C@@H]1c1cccc(Oc2ccccc2)c1. The summed E-state index contributed by atoms with van der Waals surface area (Å²) in [5.74, 6) is -0.283. The summed E-state index contributed by atoms with van der Waals surface area (Å²) in [6.07, 6.45) is 0. The molecule has 0 saturated heterocycles. The fourth-order valence-corrected chi connectivity index (χ4v) is 4.63. The Hall–Kier alpha value is -4.17. The molecule has 1 aliphatic heterocycles. The molecule has 5 rings (SSSR count). The molecule has 2 atom stereocenters. The van der Waals surface area contributed by atoms with Crippen LogP contribution in [-0.2, 0) is 19.1 Å². The maximum atomic E-state index is 13.8. The number of rotatable bonds is 8. The number of anilines is 1. The second-order valence-electron chi connectivity index (χ2n) is 8.42. The van der Waals surface area contributed by atoms with Crippen molar-refractivity contribution < 1.29 is 23.8 Å². The smallest absolute Gasteiger partial charge is 0.321 e. The van der Waals surface area contributed by atoms with Crippen LogP contribution in [0.1, 0.15) is 18.5 Å². The van der Waals surface area contributed by atoms with Gasteiger partial charge in [-0.05, 0) is 48.9 Å². The number of carbonyl (C=O) groups is 2. The van der Waals surface area contributed by atoms with Gasteiger partial charge in [0.1, 0.15) is 11.5 Å². The summed E-state index contributed by atoms with van der Waals surface area (Å²) in [5, 5.41) is 0. The van der Waals surface area contributed by atoms with Crippen molar-refractivity contribution >= 4 is 28.9 Å². The number of carbonyl (C=O) groups excluding carboxylic acids is 2. The van der Waals surface area contributed by atoms with E-state index in [2.05, 4.69) is 0 Å². The van der Waals surface area contributed by atoms with Crippen LogP contribution in [-0.4, -0.2) is 48.3 Å². The highest BCUT2D eigenvalue weighted by molar-refractivity contribution is 6.08. The van der Waals surface area contributed by atoms with Gasteiger partial charge in [0.2, 0.25) is 11.9 Å². The number of methoxy groups -OCH3 is 1. The van der Waals surface area contributed by atoms with Crippen molar-refractivity contribution in [1.29, 1.82) is 0 Å². The van der Waals surface area contributed by atoms with Crippen LogP contribution in [0.5, 0.6) is 11.5 Å². The number of nitrogens with zero attached hydrogens (tertiary/aromatic N) is 3. The molecule has 0 radical (unpaired) electrons. The Kier molecular flexibility index (Phi) is 6.69. The molecular formula is C28H27N3O5. The number of ether oxygens (including phenoxy) is 3. The summed E-state index contributed by atoms with van der Waals surface area (Å²) >= 11 is 0. The molecule has 0 unspecified atom stereocenters. The molecule has 3 aromatic carbocycles. The summed E-state index contributed by atoms with van der Waals surface area (Å²) in [6, 6.07) is 23.9. The number of amides is 1. The van der Waals surface area contributed by atoms with Gasteiger partial charge in [0.15, 0.2) is 5.92 Å². The van der Waals surface area contributed by atoms with Gasteiger partial charge in [0, 0.05) is 7.11 Å². The van der Waals surface area contributed by atoms with E-state index >= 15 is 0 Å². The lowest BCUT2D eigenvalue weighted by Gasteiger charge is -2.37. The summed E-state index contributed by atoms with van der Waals surface area (Å²) in [7, 11) is 1.57. The first-order valence-electron chi connectivity index (χ1n) is 11.9. The topological polar surface area (TPSA) is 82.9 Å². The highest BCUT2D eigenvalue weighted by Crippen LogP contribution is 2.42. The molecule has 0 N–H and O–H groups in total. The zero-order valence-corrected chi connectivity index (χ0v) is 20.2. The molecule has 0 fully saturated rings. The van der Waals surface area contributed by atoms with Crippen molar-refractivity contribution in [3.05, 3.63) is 84.4 Å². The fourth-order valence-electron chi connectivity index (χ4n) is 4.63. The third-order valence-electron chi connectivity index (χ3n) is 6.18. The molecule has 0 aliphatic carbocycles. The standard InChI is InChI=1S/C28H27N3O5/c1-3-35-27(33)24-25(19-10-9-13-21(18-19)36-20-11-5-4-6-12-20)31-23-15-8-7-14-22(23)29-28(31)30(26(24)32)16-17-34-2/h4-15,18,24-25H,3,16-17H2,1-2H3/t24-,25-/m1/s1. The van der Waals surface area contributed by atoms with Gasteiger partial charge in [-0.2, -0.15) is 0 Å². The van der Waals surface area contributed by atoms with E-state index < -0.39 is 17.9 Å². The van der Waals surface area contributed by atoms with Crippen LogP contribution in [0.4, 0.5) is 5.95 Å². The quantitative estimate of drug-likeness (QED) is 0.268. The number of benzene rings is 3. The molecule has 1 amide bonds. The van der Waals surface area contributed by atoms with E-state index in [0.717, 1.165) is 16.6 Å². The van der Waals surface area contributed by atoms with Crippen molar-refractivity contribution in [1.82, 2.24) is 9.55 Å². The van der Waals surface area contributed by atoms with Crippen LogP contribution in [0.15, 0.2) is 78.9 Å². The van der Waals surface area contributed by atoms with Gasteiger partial charge in [0.25, 0.3) is 0 Å². The molecule has 8 nitrogen and oxygen atoms in total. The molecule has 8 heteroatoms. The minimum Gasteiger partial charge on any atom is -0.465 e. The molecule has 0 spiro atoms. The lowest BCUT2D eigenvalue weighted by molar-refractivity contribution is -0.153. The van der Waals surface area contributed by atoms with Crippen LogP contribution < -0.4 is 9.64 Å². The van der Waals surface area contributed by atoms with Gasteiger partial charge in [0.05, 0.1) is 36.8 Å². The molecule has 36 heavy (non-hydrogen) atoms. The van der Waals surface area contributed by atoms with E-state index in [9.17, 15) is 9.59 Å². The zero-order valence-electron chi connectivity index (χ0n) is 20.2. The summed E-state index contributed by atoms with van der Waals surface area (Å²) < 4.78 is 18.7. The normalized spacial score (nSPS) is 17.2. The molecule has 1 aliphatic rings. The Bertz CT molecular complexity index is 1380. The average molecular weight is 486 g/mol. The predicted octanol–water partition coefficient (Wildman–Crippen LogP) is 4.59. The Morgan fingerprint density at radius 2 is 1.72 bits per heavy atom. The van der Waals surface area contributed by atoms with Crippen LogP contribution in [0.3, 0.4) is 0 Å². The number of para-hydroxylation sites is 3. The maximum Gasteiger partial charge on any atom is 0.321 e. The van der Waals surface area contributed by atoms with Crippen LogP contribution >= 0.6 is 0 Å². The zero-order chi connectivity index (χ0) is 25.1. The van der Waals surface area contributed by atoms with Gasteiger partial charge < -0.3 is 18.8 Å². The molecular weight excluding hydrogens is 458 g/mol. The highest BCUT2D eigenvalue weighted by Gasteiger charge is 2.47. The Balaban J connectivity index is 1.68. The monoisotopic (exact) mass is 485 g/mol. The number of fused-ring (bicyclic) bond motifs is 3. The highest BCUT2D eigenvalue weighted by atomic mass is 16.5. The fraction of sp³-hybridized carbons (Fsp3) is 0.250. The summed E-state index contributed by atoms with van der Waals surface area (Å²) in [5.41, 5.74) is 2.29. The third kappa shape index (κ3) is 4.31. The predicted molar refractivity (Wildman–Crippen MR) is 135 cm³/mol. The molecule has 2 heterocycles. The van der Waals surface area contributed by atoms with Crippen molar-refractivity contribution in [2.45, 2.75) is 13.0 Å². The van der Waals surface area contributed by atoms with Crippen molar-refractivity contribution in [3.8, 4) is 11.5 Å². The van der Waals surface area contributed by atoms with E-state index in [1.807, 2.05) is 83.4 Å². The minimum atomic E-state index is -1.10. The van der Waals surface area contributed by atoms with Gasteiger partial charge in [-0.1, -0.05) is 42.5 Å².